The number of halogens is 2. The topological polar surface area (TPSA) is 126 Å². The number of rotatable bonds is 5. The largest absolute Gasteiger partial charge is 0.507 e. The highest BCUT2D eigenvalue weighted by atomic mass is 32.1. The molecule has 4 rings (SSSR count). The third-order valence-electron chi connectivity index (χ3n) is 5.12. The van der Waals surface area contributed by atoms with Crippen LogP contribution in [0, 0.1) is 5.82 Å². The van der Waals surface area contributed by atoms with Crippen molar-refractivity contribution in [3.63, 3.8) is 0 Å². The number of nitrogens with one attached hydrogen (secondary N) is 2. The van der Waals surface area contributed by atoms with Gasteiger partial charge in [-0.3, -0.25) is 9.89 Å². The van der Waals surface area contributed by atoms with Crippen LogP contribution >= 0.6 is 11.3 Å². The molecular weight excluding hydrogens is 428 g/mol. The molecule has 0 unspecified atom stereocenters. The number of carbonyl (C=O) groups is 1. The van der Waals surface area contributed by atoms with E-state index in [0.29, 0.717) is 30.6 Å². The van der Waals surface area contributed by atoms with E-state index in [1.165, 1.54) is 29.8 Å². The van der Waals surface area contributed by atoms with E-state index in [0.717, 1.165) is 11.3 Å². The van der Waals surface area contributed by atoms with Gasteiger partial charge in [-0.05, 0) is 25.0 Å². The minimum atomic E-state index is -1.20. The lowest BCUT2D eigenvalue weighted by Gasteiger charge is -2.15. The van der Waals surface area contributed by atoms with Crippen molar-refractivity contribution in [2.45, 2.75) is 37.6 Å². The van der Waals surface area contributed by atoms with E-state index in [1.54, 1.807) is 0 Å². The van der Waals surface area contributed by atoms with E-state index >= 15 is 0 Å². The summed E-state index contributed by atoms with van der Waals surface area (Å²) in [4.78, 5) is 16.8. The molecule has 0 saturated carbocycles. The van der Waals surface area contributed by atoms with Crippen molar-refractivity contribution >= 4 is 22.9 Å². The number of thiazole rings is 1. The number of anilines is 1. The molecule has 1 aliphatic heterocycles. The van der Waals surface area contributed by atoms with E-state index in [4.69, 9.17) is 10.5 Å². The zero-order valence-corrected chi connectivity index (χ0v) is 17.2. The summed E-state index contributed by atoms with van der Waals surface area (Å²) in [5.41, 5.74) is 6.86. The minimum Gasteiger partial charge on any atom is -0.507 e. The van der Waals surface area contributed by atoms with E-state index in [1.807, 2.05) is 0 Å². The van der Waals surface area contributed by atoms with E-state index in [-0.39, 0.29) is 34.7 Å². The monoisotopic (exact) mass is 449 g/mol. The van der Waals surface area contributed by atoms with Crippen molar-refractivity contribution in [3.8, 4) is 16.3 Å². The Morgan fingerprint density at radius 2 is 2.26 bits per heavy atom. The van der Waals surface area contributed by atoms with Crippen LogP contribution in [0.5, 0.6) is 5.75 Å². The van der Waals surface area contributed by atoms with Crippen molar-refractivity contribution in [2.75, 3.05) is 11.9 Å². The third kappa shape index (κ3) is 4.73. The molecule has 1 saturated heterocycles. The Balaban J connectivity index is 1.45. The number of aromatic hydroxyl groups is 1. The van der Waals surface area contributed by atoms with Crippen molar-refractivity contribution in [3.05, 3.63) is 47.0 Å². The molecule has 0 spiro atoms. The molecule has 164 valence electrons. The molecule has 3 atom stereocenters. The number of phenolic OH excluding ortho intramolecular Hbond substituents is 1. The number of aromatic nitrogens is 3. The van der Waals surface area contributed by atoms with Crippen LogP contribution in [-0.2, 0) is 11.2 Å². The molecule has 1 amide bonds. The van der Waals surface area contributed by atoms with Gasteiger partial charge < -0.3 is 20.9 Å². The summed E-state index contributed by atoms with van der Waals surface area (Å²) in [5.74, 6) is -1.39. The van der Waals surface area contributed by atoms with Crippen molar-refractivity contribution in [1.82, 2.24) is 15.2 Å². The highest BCUT2D eigenvalue weighted by molar-refractivity contribution is 7.13. The summed E-state index contributed by atoms with van der Waals surface area (Å²) in [6.07, 6.45) is 1.52. The molecule has 1 aliphatic rings. The summed E-state index contributed by atoms with van der Waals surface area (Å²) in [5, 5.41) is 21.1. The van der Waals surface area contributed by atoms with Gasteiger partial charge in [0.1, 0.15) is 28.4 Å². The average molecular weight is 449 g/mol. The molecule has 2 aromatic heterocycles. The van der Waals surface area contributed by atoms with Gasteiger partial charge in [-0.15, -0.1) is 11.3 Å². The second-order valence-corrected chi connectivity index (χ2v) is 8.16. The summed E-state index contributed by atoms with van der Waals surface area (Å²) in [7, 11) is 0. The van der Waals surface area contributed by atoms with Crippen LogP contribution in [0.25, 0.3) is 10.6 Å². The van der Waals surface area contributed by atoms with E-state index in [2.05, 4.69) is 20.5 Å². The highest BCUT2D eigenvalue weighted by Crippen LogP contribution is 2.34. The van der Waals surface area contributed by atoms with Gasteiger partial charge in [0.05, 0.1) is 35.9 Å². The van der Waals surface area contributed by atoms with Gasteiger partial charge in [-0.1, -0.05) is 6.07 Å². The van der Waals surface area contributed by atoms with Crippen LogP contribution in [0.4, 0.5) is 14.5 Å². The lowest BCUT2D eigenvalue weighted by molar-refractivity contribution is 0.0295. The van der Waals surface area contributed by atoms with Gasteiger partial charge in [-0.25, -0.2) is 13.8 Å². The lowest BCUT2D eigenvalue weighted by atomic mass is 10.0. The van der Waals surface area contributed by atoms with Crippen LogP contribution in [0.3, 0.4) is 0 Å². The predicted octanol–water partition coefficient (Wildman–Crippen LogP) is 3.02. The number of carbonyl (C=O) groups excluding carboxylic acids is 1. The summed E-state index contributed by atoms with van der Waals surface area (Å²) in [6, 6.07) is 3.40. The SMILES string of the molecule is N[C@@H]1CC[C@@H](Cc2[nH]ncc2NC(=O)c2csc(-c3c(O)cccc3F)n2)OC[C@H]1F. The standard InChI is InChI=1S/C20H21F2N5O3S/c21-11-2-1-3-17(28)18(11)20-26-16(9-31-20)19(29)25-15-7-24-27-14(15)6-10-4-5-13(23)12(22)8-30-10/h1-3,7,9-10,12-13,28H,4-6,8,23H2,(H,24,27)(H,25,29)/t10-,12+,13+/m0/s1. The normalized spacial score (nSPS) is 21.6. The lowest BCUT2D eigenvalue weighted by Crippen LogP contribution is -2.32. The number of alkyl halides is 1. The number of phenols is 1. The molecule has 3 aromatic rings. The number of ether oxygens (including phenoxy) is 1. The number of hydrogen-bond donors (Lipinski definition) is 4. The minimum absolute atomic E-state index is 0.0505. The smallest absolute Gasteiger partial charge is 0.275 e. The molecule has 0 aliphatic carbocycles. The molecular formula is C20H21F2N5O3S. The average Bonchev–Trinajstić information content (AvgIpc) is 3.36. The number of nitrogens with zero attached hydrogens (tertiary/aromatic N) is 2. The maximum atomic E-state index is 14.1. The van der Waals surface area contributed by atoms with E-state index < -0.39 is 23.9 Å². The second-order valence-electron chi connectivity index (χ2n) is 7.30. The second kappa shape index (κ2) is 9.08. The van der Waals surface area contributed by atoms with Gasteiger partial charge in [0.15, 0.2) is 0 Å². The molecule has 11 heteroatoms. The first-order valence-electron chi connectivity index (χ1n) is 9.70. The summed E-state index contributed by atoms with van der Waals surface area (Å²) >= 11 is 1.04. The maximum Gasteiger partial charge on any atom is 0.275 e. The predicted molar refractivity (Wildman–Crippen MR) is 111 cm³/mol. The summed E-state index contributed by atoms with van der Waals surface area (Å²) in [6.45, 7) is -0.0633. The fourth-order valence-corrected chi connectivity index (χ4v) is 4.22. The Morgan fingerprint density at radius 3 is 3.06 bits per heavy atom. The molecule has 1 fully saturated rings. The first-order valence-corrected chi connectivity index (χ1v) is 10.6. The van der Waals surface area contributed by atoms with Gasteiger partial charge in [-0.2, -0.15) is 5.10 Å². The molecule has 0 bridgehead atoms. The number of amides is 1. The molecule has 31 heavy (non-hydrogen) atoms. The van der Waals surface area contributed by atoms with Gasteiger partial charge in [0.25, 0.3) is 5.91 Å². The molecule has 3 heterocycles. The Hall–Kier alpha value is -2.89. The van der Waals surface area contributed by atoms with Gasteiger partial charge in [0, 0.05) is 17.8 Å². The van der Waals surface area contributed by atoms with Crippen LogP contribution in [0.15, 0.2) is 29.8 Å². The van der Waals surface area contributed by atoms with Crippen molar-refractivity contribution in [1.29, 1.82) is 0 Å². The van der Waals surface area contributed by atoms with Crippen molar-refractivity contribution in [2.24, 2.45) is 5.73 Å². The Bertz CT molecular complexity index is 1040. The van der Waals surface area contributed by atoms with Crippen LogP contribution in [0.2, 0.25) is 0 Å². The number of hydrogen-bond acceptors (Lipinski definition) is 7. The zero-order chi connectivity index (χ0) is 22.0. The van der Waals surface area contributed by atoms with E-state index in [9.17, 15) is 18.7 Å². The molecule has 8 nitrogen and oxygen atoms in total. The van der Waals surface area contributed by atoms with Crippen LogP contribution in [0.1, 0.15) is 29.0 Å². The molecule has 0 radical (unpaired) electrons. The maximum absolute atomic E-state index is 14.1. The Kier molecular flexibility index (Phi) is 6.25. The van der Waals surface area contributed by atoms with Crippen molar-refractivity contribution < 1.29 is 23.4 Å². The quantitative estimate of drug-likeness (QED) is 0.474. The number of aromatic amines is 1. The van der Waals surface area contributed by atoms with Gasteiger partial charge in [0.2, 0.25) is 0 Å². The molecule has 1 aromatic carbocycles. The first-order chi connectivity index (χ1) is 14.9. The Morgan fingerprint density at radius 1 is 1.42 bits per heavy atom. The van der Waals surface area contributed by atoms with Crippen LogP contribution < -0.4 is 11.1 Å². The number of benzene rings is 1. The number of H-pyrrole nitrogens is 1. The zero-order valence-electron chi connectivity index (χ0n) is 16.3. The first kappa shape index (κ1) is 21.3. The third-order valence-corrected chi connectivity index (χ3v) is 5.98. The Labute approximate surface area is 180 Å². The summed E-state index contributed by atoms with van der Waals surface area (Å²) < 4.78 is 33.4. The van der Waals surface area contributed by atoms with Gasteiger partial charge >= 0.3 is 0 Å². The highest BCUT2D eigenvalue weighted by Gasteiger charge is 2.26. The fraction of sp³-hybridized carbons (Fsp3) is 0.350. The fourth-order valence-electron chi connectivity index (χ4n) is 3.36. The molecule has 5 N–H and O–H groups in total. The number of nitrogens with two attached hydrogens (primary N) is 1. The van der Waals surface area contributed by atoms with Crippen LogP contribution in [-0.4, -0.2) is 51.1 Å².